The Labute approximate surface area is 208 Å². The van der Waals surface area contributed by atoms with Crippen molar-refractivity contribution in [3.63, 3.8) is 0 Å². The predicted molar refractivity (Wildman–Crippen MR) is 134 cm³/mol. The van der Waals surface area contributed by atoms with Gasteiger partial charge in [0.2, 0.25) is 5.95 Å². The zero-order valence-corrected chi connectivity index (χ0v) is 20.9. The fraction of sp³-hybridized carbons (Fsp3) is 0.615. The number of benzene rings is 1. The van der Waals surface area contributed by atoms with Gasteiger partial charge in [-0.3, -0.25) is 4.21 Å². The molecule has 2 unspecified atom stereocenters. The Kier molecular flexibility index (Phi) is 4.85. The molecule has 2 bridgehead atoms. The second-order valence-corrected chi connectivity index (χ2v) is 13.5. The van der Waals surface area contributed by atoms with E-state index in [2.05, 4.69) is 22.3 Å². The molecular weight excluding hydrogens is 468 g/mol. The van der Waals surface area contributed by atoms with E-state index in [4.69, 9.17) is 21.6 Å². The van der Waals surface area contributed by atoms with E-state index in [0.29, 0.717) is 18.0 Å². The topological polar surface area (TPSA) is 78.4 Å². The van der Waals surface area contributed by atoms with Crippen molar-refractivity contribution >= 4 is 34.2 Å². The lowest BCUT2D eigenvalue weighted by Crippen LogP contribution is -2.49. The van der Waals surface area contributed by atoms with Crippen molar-refractivity contribution in [1.29, 1.82) is 0 Å². The van der Waals surface area contributed by atoms with Gasteiger partial charge in [-0.2, -0.15) is 4.98 Å². The third-order valence-corrected chi connectivity index (χ3v) is 11.5. The van der Waals surface area contributed by atoms with Crippen molar-refractivity contribution in [3.8, 4) is 0 Å². The summed E-state index contributed by atoms with van der Waals surface area (Å²) < 4.78 is 13.3. The number of anilines is 2. The lowest BCUT2D eigenvalue weighted by molar-refractivity contribution is 0.143. The highest BCUT2D eigenvalue weighted by molar-refractivity contribution is 7.87. The predicted octanol–water partition coefficient (Wildman–Crippen LogP) is 4.57. The molecule has 1 aromatic carbocycles. The van der Waals surface area contributed by atoms with E-state index < -0.39 is 10.8 Å². The van der Waals surface area contributed by atoms with Crippen LogP contribution in [0.4, 0.5) is 11.8 Å². The Bertz CT molecular complexity index is 1140. The molecule has 1 aromatic heterocycles. The summed E-state index contributed by atoms with van der Waals surface area (Å²) in [6.07, 6.45) is 10.3. The fourth-order valence-electron chi connectivity index (χ4n) is 6.78. The van der Waals surface area contributed by atoms with Crippen LogP contribution in [0.2, 0.25) is 5.02 Å². The van der Waals surface area contributed by atoms with Gasteiger partial charge >= 0.3 is 0 Å². The Balaban J connectivity index is 1.23. The fourth-order valence-corrected chi connectivity index (χ4v) is 8.68. The number of rotatable bonds is 5. The lowest BCUT2D eigenvalue weighted by atomic mass is 9.77. The number of piperidine rings is 1. The minimum absolute atomic E-state index is 0.0800. The monoisotopic (exact) mass is 498 g/mol. The third-order valence-electron chi connectivity index (χ3n) is 9.10. The number of nitrogens with zero attached hydrogens (tertiary/aromatic N) is 3. The van der Waals surface area contributed by atoms with Gasteiger partial charge in [-0.1, -0.05) is 23.7 Å². The normalized spacial score (nSPS) is 31.9. The van der Waals surface area contributed by atoms with Crippen molar-refractivity contribution in [2.75, 3.05) is 16.8 Å². The minimum atomic E-state index is -1.07. The van der Waals surface area contributed by atoms with E-state index in [0.717, 1.165) is 91.6 Å². The molecule has 180 valence electrons. The van der Waals surface area contributed by atoms with Crippen LogP contribution in [0.3, 0.4) is 0 Å². The van der Waals surface area contributed by atoms with Gasteiger partial charge in [0.25, 0.3) is 0 Å². The van der Waals surface area contributed by atoms with Crippen molar-refractivity contribution in [2.45, 2.75) is 97.4 Å². The van der Waals surface area contributed by atoms with E-state index in [1.165, 1.54) is 5.56 Å². The first-order valence-electron chi connectivity index (χ1n) is 12.7. The third kappa shape index (κ3) is 3.26. The lowest BCUT2D eigenvalue weighted by Gasteiger charge is -2.42. The van der Waals surface area contributed by atoms with Crippen LogP contribution >= 0.6 is 11.6 Å². The molecule has 1 spiro atoms. The Morgan fingerprint density at radius 2 is 1.79 bits per heavy atom. The van der Waals surface area contributed by atoms with Gasteiger partial charge in [0.05, 0.1) is 33.4 Å². The summed E-state index contributed by atoms with van der Waals surface area (Å²) in [5.41, 5.74) is 2.01. The van der Waals surface area contributed by atoms with Gasteiger partial charge in [-0.15, -0.1) is 0 Å². The SMILES string of the molecule is O=[S@]1c2c(nc(N3C4CCC3CC(c3ccc(Cl)cc3)C4)nc2NC2(CO)CCC2)CC12CC2. The average Bonchev–Trinajstić information content (AvgIpc) is 3.47. The van der Waals surface area contributed by atoms with Crippen LogP contribution < -0.4 is 10.2 Å². The number of aromatic nitrogens is 2. The quantitative estimate of drug-likeness (QED) is 0.628. The molecule has 5 aliphatic rings. The first-order valence-corrected chi connectivity index (χ1v) is 14.3. The molecule has 6 nitrogen and oxygen atoms in total. The van der Waals surface area contributed by atoms with Gasteiger partial charge in [-0.05, 0) is 81.4 Å². The summed E-state index contributed by atoms with van der Waals surface area (Å²) in [5.74, 6) is 2.05. The molecule has 3 atom stereocenters. The van der Waals surface area contributed by atoms with Crippen molar-refractivity contribution in [3.05, 3.63) is 40.5 Å². The second kappa shape index (κ2) is 7.65. The highest BCUT2D eigenvalue weighted by Gasteiger charge is 2.56. The second-order valence-electron chi connectivity index (χ2n) is 11.2. The molecule has 4 fully saturated rings. The molecule has 8 heteroatoms. The smallest absolute Gasteiger partial charge is 0.228 e. The molecular formula is C26H31ClN4O2S. The highest BCUT2D eigenvalue weighted by Crippen LogP contribution is 2.55. The van der Waals surface area contributed by atoms with Crippen molar-refractivity contribution in [2.24, 2.45) is 0 Å². The van der Waals surface area contributed by atoms with Crippen LogP contribution in [-0.2, 0) is 17.2 Å². The molecule has 2 saturated heterocycles. The van der Waals surface area contributed by atoms with Gasteiger partial charge in [0.1, 0.15) is 10.7 Å². The molecule has 2 aliphatic carbocycles. The average molecular weight is 499 g/mol. The number of aliphatic hydroxyl groups excluding tert-OH is 1. The Hall–Kier alpha value is -1.70. The van der Waals surface area contributed by atoms with Gasteiger partial charge in [0.15, 0.2) is 0 Å². The maximum absolute atomic E-state index is 13.4. The molecule has 7 rings (SSSR count). The van der Waals surface area contributed by atoms with Crippen molar-refractivity contribution < 1.29 is 9.32 Å². The number of aliphatic hydroxyl groups is 1. The van der Waals surface area contributed by atoms with Crippen LogP contribution in [-0.4, -0.2) is 48.3 Å². The summed E-state index contributed by atoms with van der Waals surface area (Å²) in [5, 5.41) is 14.5. The van der Waals surface area contributed by atoms with E-state index in [1.54, 1.807) is 0 Å². The molecule has 2 saturated carbocycles. The zero-order chi connectivity index (χ0) is 23.1. The van der Waals surface area contributed by atoms with Crippen LogP contribution in [0.1, 0.15) is 75.0 Å². The summed E-state index contributed by atoms with van der Waals surface area (Å²) >= 11 is 6.12. The molecule has 34 heavy (non-hydrogen) atoms. The van der Waals surface area contributed by atoms with E-state index in [9.17, 15) is 9.32 Å². The maximum atomic E-state index is 13.4. The first-order chi connectivity index (χ1) is 16.5. The summed E-state index contributed by atoms with van der Waals surface area (Å²) in [6.45, 7) is 0.0800. The van der Waals surface area contributed by atoms with E-state index >= 15 is 0 Å². The number of halogens is 1. The standard InChI is InChI=1S/C26H31ClN4O2S/c27-18-4-2-16(3-5-18)17-12-19-6-7-20(13-17)31(19)24-28-21-14-26(10-11-26)34(33)22(21)23(29-24)30-25(15-32)8-1-9-25/h2-5,17,19-20,32H,1,6-15H2,(H,28,29,30)/t17?,19?,20?,34-/m0/s1. The number of hydrogen-bond donors (Lipinski definition) is 2. The van der Waals surface area contributed by atoms with Crippen LogP contribution in [0.15, 0.2) is 29.2 Å². The molecule has 0 radical (unpaired) electrons. The van der Waals surface area contributed by atoms with E-state index in [1.807, 2.05) is 12.1 Å². The molecule has 3 aliphatic heterocycles. The number of fused-ring (bicyclic) bond motifs is 3. The van der Waals surface area contributed by atoms with Crippen LogP contribution in [0, 0.1) is 0 Å². The molecule has 4 heterocycles. The van der Waals surface area contributed by atoms with E-state index in [-0.39, 0.29) is 16.9 Å². The summed E-state index contributed by atoms with van der Waals surface area (Å²) in [4.78, 5) is 13.4. The van der Waals surface area contributed by atoms with Gasteiger partial charge in [-0.25, -0.2) is 4.98 Å². The van der Waals surface area contributed by atoms with Gasteiger partial charge in [0, 0.05) is 23.5 Å². The minimum Gasteiger partial charge on any atom is -0.394 e. The van der Waals surface area contributed by atoms with Crippen molar-refractivity contribution in [1.82, 2.24) is 9.97 Å². The number of nitrogens with one attached hydrogen (secondary N) is 1. The van der Waals surface area contributed by atoms with Crippen LogP contribution in [0.25, 0.3) is 0 Å². The summed E-state index contributed by atoms with van der Waals surface area (Å²) in [7, 11) is -1.07. The number of hydrogen-bond acceptors (Lipinski definition) is 6. The Morgan fingerprint density at radius 3 is 2.38 bits per heavy atom. The largest absolute Gasteiger partial charge is 0.394 e. The molecule has 2 aromatic rings. The molecule has 0 amide bonds. The maximum Gasteiger partial charge on any atom is 0.228 e. The molecule has 2 N–H and O–H groups in total. The van der Waals surface area contributed by atoms with Gasteiger partial charge < -0.3 is 15.3 Å². The first kappa shape index (κ1) is 21.6. The highest BCUT2D eigenvalue weighted by atomic mass is 35.5. The summed E-state index contributed by atoms with van der Waals surface area (Å²) in [6, 6.07) is 9.18. The Morgan fingerprint density at radius 1 is 1.09 bits per heavy atom. The van der Waals surface area contributed by atoms with Crippen LogP contribution in [0.5, 0.6) is 0 Å². The zero-order valence-electron chi connectivity index (χ0n) is 19.3.